The summed E-state index contributed by atoms with van der Waals surface area (Å²) in [5, 5.41) is 9.58. The van der Waals surface area contributed by atoms with E-state index in [0.717, 1.165) is 42.6 Å². The summed E-state index contributed by atoms with van der Waals surface area (Å²) in [5.41, 5.74) is 8.33. The Morgan fingerprint density at radius 3 is 2.59 bits per heavy atom. The average Bonchev–Trinajstić information content (AvgIpc) is 2.33. The third-order valence-electron chi connectivity index (χ3n) is 3.80. The molecule has 0 spiro atoms. The van der Waals surface area contributed by atoms with E-state index >= 15 is 0 Å². The molecule has 94 valence electrons. The van der Waals surface area contributed by atoms with Crippen molar-refractivity contribution in [3.05, 3.63) is 29.3 Å². The Bertz CT molecular complexity index is 395. The molecule has 1 saturated carbocycles. The van der Waals surface area contributed by atoms with Crippen molar-refractivity contribution in [1.82, 2.24) is 0 Å². The minimum Gasteiger partial charge on any atom is -0.496 e. The smallest absolute Gasteiger partial charge is 0.126 e. The van der Waals surface area contributed by atoms with Crippen LogP contribution in [0.5, 0.6) is 5.75 Å². The van der Waals surface area contributed by atoms with Crippen molar-refractivity contribution < 1.29 is 9.84 Å². The molecule has 1 aliphatic carbocycles. The Kier molecular flexibility index (Phi) is 3.40. The van der Waals surface area contributed by atoms with Crippen LogP contribution in [0.15, 0.2) is 18.2 Å². The van der Waals surface area contributed by atoms with Crippen LogP contribution in [-0.2, 0) is 5.54 Å². The van der Waals surface area contributed by atoms with E-state index in [1.54, 1.807) is 7.11 Å². The summed E-state index contributed by atoms with van der Waals surface area (Å²) in [6.45, 7) is 2.03. The number of para-hydroxylation sites is 1. The van der Waals surface area contributed by atoms with E-state index in [0.29, 0.717) is 0 Å². The fourth-order valence-corrected chi connectivity index (χ4v) is 2.70. The van der Waals surface area contributed by atoms with E-state index in [-0.39, 0.29) is 11.6 Å². The molecule has 1 fully saturated rings. The standard InChI is InChI=1S/C14H21NO2/c1-10-4-3-5-12(13(10)17-2)14(15)8-6-11(16)7-9-14/h3-5,11,16H,6-9,15H2,1-2H3. The first-order valence-electron chi connectivity index (χ1n) is 6.18. The molecule has 1 aromatic carbocycles. The zero-order valence-electron chi connectivity index (χ0n) is 10.6. The zero-order valence-corrected chi connectivity index (χ0v) is 10.6. The first-order valence-corrected chi connectivity index (χ1v) is 6.18. The number of aliphatic hydroxyl groups is 1. The highest BCUT2D eigenvalue weighted by Crippen LogP contribution is 2.40. The number of aryl methyl sites for hydroxylation is 1. The minimum absolute atomic E-state index is 0.192. The molecule has 0 aliphatic heterocycles. The summed E-state index contributed by atoms with van der Waals surface area (Å²) in [6.07, 6.45) is 2.98. The first-order chi connectivity index (χ1) is 8.07. The van der Waals surface area contributed by atoms with Gasteiger partial charge in [-0.05, 0) is 38.2 Å². The summed E-state index contributed by atoms with van der Waals surface area (Å²) >= 11 is 0. The van der Waals surface area contributed by atoms with Gasteiger partial charge in [-0.15, -0.1) is 0 Å². The van der Waals surface area contributed by atoms with E-state index in [2.05, 4.69) is 0 Å². The first kappa shape index (κ1) is 12.4. The molecule has 0 saturated heterocycles. The van der Waals surface area contributed by atoms with Crippen molar-refractivity contribution in [3.63, 3.8) is 0 Å². The topological polar surface area (TPSA) is 55.5 Å². The van der Waals surface area contributed by atoms with Crippen LogP contribution in [0.25, 0.3) is 0 Å². The summed E-state index contributed by atoms with van der Waals surface area (Å²) < 4.78 is 5.48. The maximum Gasteiger partial charge on any atom is 0.126 e. The molecule has 0 heterocycles. The van der Waals surface area contributed by atoms with Gasteiger partial charge in [0.25, 0.3) is 0 Å². The summed E-state index contributed by atoms with van der Waals surface area (Å²) in [5.74, 6) is 0.895. The van der Waals surface area contributed by atoms with Crippen LogP contribution >= 0.6 is 0 Å². The van der Waals surface area contributed by atoms with Gasteiger partial charge >= 0.3 is 0 Å². The van der Waals surface area contributed by atoms with Crippen LogP contribution in [0.1, 0.15) is 36.8 Å². The van der Waals surface area contributed by atoms with Gasteiger partial charge in [-0.25, -0.2) is 0 Å². The van der Waals surface area contributed by atoms with Gasteiger partial charge < -0.3 is 15.6 Å². The largest absolute Gasteiger partial charge is 0.496 e. The molecule has 0 radical (unpaired) electrons. The lowest BCUT2D eigenvalue weighted by atomic mass is 9.75. The van der Waals surface area contributed by atoms with Crippen LogP contribution in [0.3, 0.4) is 0 Å². The predicted octanol–water partition coefficient (Wildman–Crippen LogP) is 2.09. The van der Waals surface area contributed by atoms with E-state index < -0.39 is 0 Å². The predicted molar refractivity (Wildman–Crippen MR) is 68.1 cm³/mol. The van der Waals surface area contributed by atoms with Gasteiger partial charge in [0.1, 0.15) is 5.75 Å². The van der Waals surface area contributed by atoms with Crippen molar-refractivity contribution in [2.75, 3.05) is 7.11 Å². The molecule has 0 bridgehead atoms. The van der Waals surface area contributed by atoms with Crippen molar-refractivity contribution in [3.8, 4) is 5.75 Å². The van der Waals surface area contributed by atoms with Crippen LogP contribution < -0.4 is 10.5 Å². The number of ether oxygens (including phenoxy) is 1. The van der Waals surface area contributed by atoms with Crippen LogP contribution in [0, 0.1) is 6.92 Å². The molecule has 3 N–H and O–H groups in total. The summed E-state index contributed by atoms with van der Waals surface area (Å²) in [6, 6.07) is 6.10. The summed E-state index contributed by atoms with van der Waals surface area (Å²) in [7, 11) is 1.69. The fraction of sp³-hybridized carbons (Fsp3) is 0.571. The van der Waals surface area contributed by atoms with Crippen LogP contribution in [0.2, 0.25) is 0 Å². The normalized spacial score (nSPS) is 29.1. The van der Waals surface area contributed by atoms with Gasteiger partial charge in [-0.3, -0.25) is 0 Å². The molecule has 0 unspecified atom stereocenters. The molecular formula is C14H21NO2. The van der Waals surface area contributed by atoms with Gasteiger partial charge in [0, 0.05) is 11.1 Å². The molecular weight excluding hydrogens is 214 g/mol. The molecule has 0 amide bonds. The molecule has 1 aliphatic rings. The number of rotatable bonds is 2. The second-order valence-electron chi connectivity index (χ2n) is 5.04. The molecule has 0 aromatic heterocycles. The van der Waals surface area contributed by atoms with Crippen molar-refractivity contribution >= 4 is 0 Å². The fourth-order valence-electron chi connectivity index (χ4n) is 2.70. The lowest BCUT2D eigenvalue weighted by Crippen LogP contribution is -2.42. The highest BCUT2D eigenvalue weighted by molar-refractivity contribution is 5.45. The lowest BCUT2D eigenvalue weighted by molar-refractivity contribution is 0.0960. The Morgan fingerprint density at radius 1 is 1.35 bits per heavy atom. The maximum absolute atomic E-state index is 9.58. The van der Waals surface area contributed by atoms with Crippen molar-refractivity contribution in [2.45, 2.75) is 44.2 Å². The second-order valence-corrected chi connectivity index (χ2v) is 5.04. The zero-order chi connectivity index (χ0) is 12.5. The van der Waals surface area contributed by atoms with Crippen LogP contribution in [0.4, 0.5) is 0 Å². The third-order valence-corrected chi connectivity index (χ3v) is 3.80. The molecule has 3 nitrogen and oxygen atoms in total. The Balaban J connectivity index is 2.36. The third kappa shape index (κ3) is 2.31. The van der Waals surface area contributed by atoms with Crippen molar-refractivity contribution in [1.29, 1.82) is 0 Å². The van der Waals surface area contributed by atoms with Gasteiger partial charge in [-0.2, -0.15) is 0 Å². The summed E-state index contributed by atoms with van der Waals surface area (Å²) in [4.78, 5) is 0. The molecule has 2 rings (SSSR count). The molecule has 0 atom stereocenters. The number of methoxy groups -OCH3 is 1. The minimum atomic E-state index is -0.351. The average molecular weight is 235 g/mol. The number of hydrogen-bond donors (Lipinski definition) is 2. The lowest BCUT2D eigenvalue weighted by Gasteiger charge is -2.37. The number of nitrogens with two attached hydrogens (primary N) is 1. The number of hydrogen-bond acceptors (Lipinski definition) is 3. The van der Waals surface area contributed by atoms with Crippen LogP contribution in [-0.4, -0.2) is 18.3 Å². The number of aliphatic hydroxyl groups excluding tert-OH is 1. The highest BCUT2D eigenvalue weighted by Gasteiger charge is 2.35. The Morgan fingerprint density at radius 2 is 2.00 bits per heavy atom. The Labute approximate surface area is 103 Å². The van der Waals surface area contributed by atoms with Gasteiger partial charge in [0.2, 0.25) is 0 Å². The van der Waals surface area contributed by atoms with Gasteiger partial charge in [0.05, 0.1) is 13.2 Å². The molecule has 1 aromatic rings. The monoisotopic (exact) mass is 235 g/mol. The van der Waals surface area contributed by atoms with E-state index in [4.69, 9.17) is 10.5 Å². The van der Waals surface area contributed by atoms with E-state index in [1.165, 1.54) is 0 Å². The van der Waals surface area contributed by atoms with Gasteiger partial charge in [-0.1, -0.05) is 18.2 Å². The second kappa shape index (κ2) is 4.67. The van der Waals surface area contributed by atoms with Crippen molar-refractivity contribution in [2.24, 2.45) is 5.73 Å². The van der Waals surface area contributed by atoms with Gasteiger partial charge in [0.15, 0.2) is 0 Å². The SMILES string of the molecule is COc1c(C)cccc1C1(N)CCC(O)CC1. The van der Waals surface area contributed by atoms with E-state index in [1.807, 2.05) is 25.1 Å². The molecule has 17 heavy (non-hydrogen) atoms. The molecule has 3 heteroatoms. The quantitative estimate of drug-likeness (QED) is 0.825. The maximum atomic E-state index is 9.58. The van der Waals surface area contributed by atoms with E-state index in [9.17, 15) is 5.11 Å². The number of benzene rings is 1. The highest BCUT2D eigenvalue weighted by atomic mass is 16.5. The Hall–Kier alpha value is -1.06.